The highest BCUT2D eigenvalue weighted by atomic mass is 16.6. The van der Waals surface area contributed by atoms with Crippen molar-refractivity contribution in [2.45, 2.75) is 200 Å². The van der Waals surface area contributed by atoms with Crippen LogP contribution in [-0.4, -0.2) is 37.2 Å². The molecule has 0 radical (unpaired) electrons. The first-order valence-electron chi connectivity index (χ1n) is 22.6. The van der Waals surface area contributed by atoms with E-state index in [1.54, 1.807) is 6.08 Å². The van der Waals surface area contributed by atoms with E-state index in [2.05, 4.69) is 93.7 Å². The van der Waals surface area contributed by atoms with Crippen molar-refractivity contribution in [2.75, 3.05) is 13.2 Å². The molecule has 0 heterocycles. The molecule has 1 atom stereocenters. The summed E-state index contributed by atoms with van der Waals surface area (Å²) >= 11 is 0. The van der Waals surface area contributed by atoms with E-state index in [4.69, 9.17) is 14.2 Å². The molecule has 0 aliphatic carbocycles. The summed E-state index contributed by atoms with van der Waals surface area (Å²) in [6.07, 6.45) is 55.9. The molecule has 0 spiro atoms. The number of carbonyl (C=O) groups is 3. The number of hydrogen-bond donors (Lipinski definition) is 0. The largest absolute Gasteiger partial charge is 0.462 e. The third-order valence-electron chi connectivity index (χ3n) is 9.17. The number of carbonyl (C=O) groups excluding carboxylic acids is 3. The summed E-state index contributed by atoms with van der Waals surface area (Å²) < 4.78 is 16.6. The van der Waals surface area contributed by atoms with Crippen molar-refractivity contribution in [3.05, 3.63) is 85.1 Å². The molecule has 0 aliphatic rings. The number of rotatable bonds is 39. The molecule has 0 rings (SSSR count). The highest BCUT2D eigenvalue weighted by Crippen LogP contribution is 2.12. The molecule has 1 unspecified atom stereocenters. The summed E-state index contributed by atoms with van der Waals surface area (Å²) in [6, 6.07) is 0. The maximum Gasteiger partial charge on any atom is 0.309 e. The molecule has 6 nitrogen and oxygen atoms in total. The molecular formula is C50H82O6. The molecular weight excluding hydrogens is 697 g/mol. The van der Waals surface area contributed by atoms with E-state index in [0.717, 1.165) is 96.3 Å². The van der Waals surface area contributed by atoms with Crippen molar-refractivity contribution >= 4 is 17.9 Å². The van der Waals surface area contributed by atoms with Crippen LogP contribution < -0.4 is 0 Å². The molecule has 0 saturated carbocycles. The zero-order valence-corrected chi connectivity index (χ0v) is 36.1. The van der Waals surface area contributed by atoms with Gasteiger partial charge >= 0.3 is 17.9 Å². The molecule has 56 heavy (non-hydrogen) atoms. The first-order chi connectivity index (χ1) is 27.5. The average molecular weight is 779 g/mol. The fourth-order valence-corrected chi connectivity index (χ4v) is 5.78. The molecule has 0 saturated heterocycles. The van der Waals surface area contributed by atoms with Gasteiger partial charge in [-0.25, -0.2) is 0 Å². The van der Waals surface area contributed by atoms with E-state index >= 15 is 0 Å². The normalized spacial score (nSPS) is 12.8. The molecule has 0 bridgehead atoms. The Bertz CT molecular complexity index is 1120. The van der Waals surface area contributed by atoms with Crippen LogP contribution in [0.4, 0.5) is 0 Å². The lowest BCUT2D eigenvalue weighted by Crippen LogP contribution is -2.30. The van der Waals surface area contributed by atoms with Crippen LogP contribution in [0.25, 0.3) is 0 Å². The maximum absolute atomic E-state index is 12.7. The zero-order valence-electron chi connectivity index (χ0n) is 36.1. The second-order valence-corrected chi connectivity index (χ2v) is 14.6. The fourth-order valence-electron chi connectivity index (χ4n) is 5.78. The Kier molecular flexibility index (Phi) is 41.6. The highest BCUT2D eigenvalue weighted by Gasteiger charge is 2.19. The predicted octanol–water partition coefficient (Wildman–Crippen LogP) is 14.5. The Morgan fingerprint density at radius 3 is 1.29 bits per heavy atom. The van der Waals surface area contributed by atoms with Gasteiger partial charge in [0.2, 0.25) is 0 Å². The Labute approximate surface area is 344 Å². The highest BCUT2D eigenvalue weighted by molar-refractivity contribution is 5.72. The monoisotopic (exact) mass is 779 g/mol. The van der Waals surface area contributed by atoms with Gasteiger partial charge in [0.1, 0.15) is 13.2 Å². The molecule has 0 aromatic carbocycles. The summed E-state index contributed by atoms with van der Waals surface area (Å²) in [5.74, 6) is -1.07. The summed E-state index contributed by atoms with van der Waals surface area (Å²) in [4.78, 5) is 37.6. The number of esters is 3. The summed E-state index contributed by atoms with van der Waals surface area (Å²) in [5, 5.41) is 0. The smallest absolute Gasteiger partial charge is 0.309 e. The van der Waals surface area contributed by atoms with Crippen LogP contribution in [0.2, 0.25) is 0 Å². The van der Waals surface area contributed by atoms with Gasteiger partial charge in [-0.15, -0.1) is 0 Å². The molecule has 0 aromatic rings. The SMILES string of the molecule is CC/C=C\C/C=C\C/C=C\C/C=C\C/C=C\CC(=O)OCC(COC(=O)CCCCCCCCCC)OC(=O)CCCCCCC/C=C\C/C=C\CCCCC. The van der Waals surface area contributed by atoms with Crippen LogP contribution in [-0.2, 0) is 28.6 Å². The first kappa shape index (κ1) is 52.6. The van der Waals surface area contributed by atoms with Crippen LogP contribution in [0.5, 0.6) is 0 Å². The van der Waals surface area contributed by atoms with Crippen LogP contribution in [0.1, 0.15) is 194 Å². The van der Waals surface area contributed by atoms with Crippen molar-refractivity contribution in [2.24, 2.45) is 0 Å². The topological polar surface area (TPSA) is 78.9 Å². The summed E-state index contributed by atoms with van der Waals surface area (Å²) in [6.45, 7) is 6.34. The van der Waals surface area contributed by atoms with E-state index in [-0.39, 0.29) is 31.6 Å². The van der Waals surface area contributed by atoms with E-state index in [1.165, 1.54) is 57.8 Å². The van der Waals surface area contributed by atoms with E-state index in [9.17, 15) is 14.4 Å². The first-order valence-corrected chi connectivity index (χ1v) is 22.6. The fraction of sp³-hybridized carbons (Fsp3) is 0.660. The minimum atomic E-state index is -0.819. The molecule has 6 heteroatoms. The van der Waals surface area contributed by atoms with Crippen molar-refractivity contribution in [3.63, 3.8) is 0 Å². The Morgan fingerprint density at radius 2 is 0.768 bits per heavy atom. The molecule has 0 amide bonds. The number of allylic oxidation sites excluding steroid dienone is 13. The van der Waals surface area contributed by atoms with Gasteiger partial charge in [-0.2, -0.15) is 0 Å². The second kappa shape index (κ2) is 44.3. The Hall–Kier alpha value is -3.41. The van der Waals surface area contributed by atoms with Crippen molar-refractivity contribution in [1.82, 2.24) is 0 Å². The van der Waals surface area contributed by atoms with Gasteiger partial charge in [0.15, 0.2) is 6.10 Å². The van der Waals surface area contributed by atoms with Crippen molar-refractivity contribution in [3.8, 4) is 0 Å². The number of hydrogen-bond acceptors (Lipinski definition) is 6. The maximum atomic E-state index is 12.7. The quantitative estimate of drug-likeness (QED) is 0.0268. The Morgan fingerprint density at radius 1 is 0.393 bits per heavy atom. The summed E-state index contributed by atoms with van der Waals surface area (Å²) in [7, 11) is 0. The van der Waals surface area contributed by atoms with Gasteiger partial charge in [-0.3, -0.25) is 14.4 Å². The van der Waals surface area contributed by atoms with Crippen LogP contribution in [0.3, 0.4) is 0 Å². The minimum absolute atomic E-state index is 0.112. The molecule has 0 N–H and O–H groups in total. The van der Waals surface area contributed by atoms with Crippen LogP contribution in [0.15, 0.2) is 85.1 Å². The van der Waals surface area contributed by atoms with E-state index < -0.39 is 12.1 Å². The second-order valence-electron chi connectivity index (χ2n) is 14.6. The van der Waals surface area contributed by atoms with Gasteiger partial charge < -0.3 is 14.2 Å². The standard InChI is InChI=1S/C50H82O6/c1-4-7-10-13-16-19-21-23-25-27-29-31-34-37-40-43-49(52)55-46-47(45-54-48(51)42-39-36-33-18-15-12-9-6-3)56-50(53)44-41-38-35-32-30-28-26-24-22-20-17-14-11-8-5-2/h7,10,16-17,19-20,23-26,29,31,37,40,47H,4-6,8-9,11-15,18,21-22,27-28,30,32-36,38-39,41-46H2,1-3H3/b10-7-,19-16-,20-17-,25-23-,26-24-,31-29-,40-37-. The Balaban J connectivity index is 4.51. The predicted molar refractivity (Wildman–Crippen MR) is 237 cm³/mol. The summed E-state index contributed by atoms with van der Waals surface area (Å²) in [5.41, 5.74) is 0. The number of ether oxygens (including phenoxy) is 3. The van der Waals surface area contributed by atoms with E-state index in [1.807, 2.05) is 6.08 Å². The van der Waals surface area contributed by atoms with E-state index in [0.29, 0.717) is 12.8 Å². The van der Waals surface area contributed by atoms with Gasteiger partial charge in [-0.1, -0.05) is 183 Å². The lowest BCUT2D eigenvalue weighted by atomic mass is 10.1. The molecule has 0 aliphatic heterocycles. The molecule has 0 aromatic heterocycles. The third kappa shape index (κ3) is 41.7. The van der Waals surface area contributed by atoms with Crippen LogP contribution in [0, 0.1) is 0 Å². The molecule has 318 valence electrons. The van der Waals surface area contributed by atoms with Gasteiger partial charge in [0, 0.05) is 12.8 Å². The average Bonchev–Trinajstić information content (AvgIpc) is 3.19. The minimum Gasteiger partial charge on any atom is -0.462 e. The van der Waals surface area contributed by atoms with Crippen molar-refractivity contribution < 1.29 is 28.6 Å². The lowest BCUT2D eigenvalue weighted by Gasteiger charge is -2.18. The van der Waals surface area contributed by atoms with Gasteiger partial charge in [0.05, 0.1) is 6.42 Å². The van der Waals surface area contributed by atoms with Gasteiger partial charge in [-0.05, 0) is 77.0 Å². The lowest BCUT2D eigenvalue weighted by molar-refractivity contribution is -0.166. The van der Waals surface area contributed by atoms with Crippen LogP contribution >= 0.6 is 0 Å². The van der Waals surface area contributed by atoms with Crippen molar-refractivity contribution in [1.29, 1.82) is 0 Å². The number of unbranched alkanes of at least 4 members (excludes halogenated alkanes) is 15. The zero-order chi connectivity index (χ0) is 40.8. The molecule has 0 fully saturated rings. The third-order valence-corrected chi connectivity index (χ3v) is 9.17. The van der Waals surface area contributed by atoms with Gasteiger partial charge in [0.25, 0.3) is 0 Å².